The van der Waals surface area contributed by atoms with Crippen molar-refractivity contribution >= 4 is 11.9 Å². The average Bonchev–Trinajstić information content (AvgIpc) is 2.43. The molecule has 0 spiro atoms. The van der Waals surface area contributed by atoms with Crippen LogP contribution in [0.1, 0.15) is 54.1 Å². The molecule has 1 fully saturated rings. The Bertz CT molecular complexity index is 516. The van der Waals surface area contributed by atoms with Crippen LogP contribution in [0, 0.1) is 11.8 Å². The smallest absolute Gasteiger partial charge is 0.354 e. The van der Waals surface area contributed by atoms with E-state index < -0.39 is 5.97 Å². The summed E-state index contributed by atoms with van der Waals surface area (Å²) in [7, 11) is 0. The maximum Gasteiger partial charge on any atom is 0.354 e. The molecule has 20 heavy (non-hydrogen) atoms. The molecular formula is C15H20N2O3. The Labute approximate surface area is 118 Å². The number of carbonyl (C=O) groups is 2. The minimum absolute atomic E-state index is 0.108. The van der Waals surface area contributed by atoms with E-state index in [1.54, 1.807) is 0 Å². The number of carboxylic acids is 1. The van der Waals surface area contributed by atoms with E-state index in [1.165, 1.54) is 18.2 Å². The molecule has 1 aromatic rings. The lowest BCUT2D eigenvalue weighted by Gasteiger charge is -2.32. The van der Waals surface area contributed by atoms with Crippen molar-refractivity contribution in [1.82, 2.24) is 10.3 Å². The summed E-state index contributed by atoms with van der Waals surface area (Å²) in [6, 6.07) is 4.61. The molecule has 2 N–H and O–H groups in total. The van der Waals surface area contributed by atoms with Gasteiger partial charge in [0.1, 0.15) is 11.4 Å². The molecule has 1 aliphatic rings. The Morgan fingerprint density at radius 3 is 2.55 bits per heavy atom. The Kier molecular flexibility index (Phi) is 4.37. The van der Waals surface area contributed by atoms with Gasteiger partial charge < -0.3 is 10.4 Å². The molecule has 0 aromatic carbocycles. The summed E-state index contributed by atoms with van der Waals surface area (Å²) >= 11 is 0. The number of aromatic carboxylic acids is 1. The second-order valence-corrected chi connectivity index (χ2v) is 5.65. The van der Waals surface area contributed by atoms with Crippen molar-refractivity contribution in [2.24, 2.45) is 11.8 Å². The van der Waals surface area contributed by atoms with E-state index in [0.717, 1.165) is 19.3 Å². The first-order valence-electron chi connectivity index (χ1n) is 6.98. The van der Waals surface area contributed by atoms with Crippen LogP contribution in [0.4, 0.5) is 0 Å². The first kappa shape index (κ1) is 14.5. The number of carbonyl (C=O) groups excluding carboxylic acids is 1. The fourth-order valence-electron chi connectivity index (χ4n) is 2.62. The Balaban J connectivity index is 2.01. The van der Waals surface area contributed by atoms with Crippen molar-refractivity contribution in [3.05, 3.63) is 29.6 Å². The van der Waals surface area contributed by atoms with Gasteiger partial charge >= 0.3 is 5.97 Å². The Hall–Kier alpha value is -1.91. The molecule has 2 rings (SSSR count). The van der Waals surface area contributed by atoms with E-state index in [-0.39, 0.29) is 23.3 Å². The molecule has 1 heterocycles. The number of nitrogens with zero attached hydrogens (tertiary/aromatic N) is 1. The SMILES string of the molecule is CC1CCC(NC(=O)c2cccc(C(=O)O)n2)CC1C. The van der Waals surface area contributed by atoms with Crippen molar-refractivity contribution in [2.45, 2.75) is 39.2 Å². The van der Waals surface area contributed by atoms with Gasteiger partial charge in [-0.1, -0.05) is 19.9 Å². The molecule has 5 nitrogen and oxygen atoms in total. The molecule has 3 unspecified atom stereocenters. The van der Waals surface area contributed by atoms with Gasteiger partial charge in [0.2, 0.25) is 0 Å². The molecule has 0 radical (unpaired) electrons. The van der Waals surface area contributed by atoms with Crippen molar-refractivity contribution in [2.75, 3.05) is 0 Å². The van der Waals surface area contributed by atoms with Crippen LogP contribution in [0.3, 0.4) is 0 Å². The summed E-state index contributed by atoms with van der Waals surface area (Å²) in [6.45, 7) is 4.44. The predicted octanol–water partition coefficient (Wildman–Crippen LogP) is 2.33. The highest BCUT2D eigenvalue weighted by atomic mass is 16.4. The van der Waals surface area contributed by atoms with Crippen molar-refractivity contribution in [3.63, 3.8) is 0 Å². The molecule has 1 aliphatic carbocycles. The minimum atomic E-state index is -1.13. The van der Waals surface area contributed by atoms with E-state index in [0.29, 0.717) is 11.8 Å². The number of hydrogen-bond acceptors (Lipinski definition) is 3. The highest BCUT2D eigenvalue weighted by Crippen LogP contribution is 2.29. The van der Waals surface area contributed by atoms with Crippen molar-refractivity contribution in [1.29, 1.82) is 0 Å². The molecule has 1 aromatic heterocycles. The van der Waals surface area contributed by atoms with E-state index in [4.69, 9.17) is 5.11 Å². The summed E-state index contributed by atoms with van der Waals surface area (Å²) < 4.78 is 0. The van der Waals surface area contributed by atoms with Crippen LogP contribution in [0.2, 0.25) is 0 Å². The normalized spacial score (nSPS) is 26.0. The summed E-state index contributed by atoms with van der Waals surface area (Å²) in [6.07, 6.45) is 3.04. The first-order chi connectivity index (χ1) is 9.47. The third kappa shape index (κ3) is 3.35. The number of carboxylic acid groups (broad SMARTS) is 1. The monoisotopic (exact) mass is 276 g/mol. The fraction of sp³-hybridized carbons (Fsp3) is 0.533. The van der Waals surface area contributed by atoms with Crippen molar-refractivity contribution in [3.8, 4) is 0 Å². The number of amides is 1. The number of hydrogen-bond donors (Lipinski definition) is 2. The van der Waals surface area contributed by atoms with Gasteiger partial charge in [-0.2, -0.15) is 0 Å². The van der Waals surface area contributed by atoms with Gasteiger partial charge in [0.05, 0.1) is 0 Å². The van der Waals surface area contributed by atoms with Crippen LogP contribution < -0.4 is 5.32 Å². The van der Waals surface area contributed by atoms with Crippen LogP contribution >= 0.6 is 0 Å². The molecule has 0 bridgehead atoms. The highest BCUT2D eigenvalue weighted by molar-refractivity contribution is 5.94. The second kappa shape index (κ2) is 6.03. The number of nitrogens with one attached hydrogen (secondary N) is 1. The molecule has 3 atom stereocenters. The van der Waals surface area contributed by atoms with Crippen LogP contribution in [0.5, 0.6) is 0 Å². The zero-order valence-electron chi connectivity index (χ0n) is 11.8. The maximum absolute atomic E-state index is 12.1. The van der Waals surface area contributed by atoms with Gasteiger partial charge in [0.15, 0.2) is 0 Å². The van der Waals surface area contributed by atoms with Crippen LogP contribution in [0.25, 0.3) is 0 Å². The third-order valence-corrected chi connectivity index (χ3v) is 4.13. The zero-order valence-corrected chi connectivity index (χ0v) is 11.8. The minimum Gasteiger partial charge on any atom is -0.477 e. The Morgan fingerprint density at radius 1 is 1.20 bits per heavy atom. The number of pyridine rings is 1. The van der Waals surface area contributed by atoms with Crippen LogP contribution in [-0.2, 0) is 0 Å². The molecular weight excluding hydrogens is 256 g/mol. The lowest BCUT2D eigenvalue weighted by molar-refractivity contribution is 0.0690. The Morgan fingerprint density at radius 2 is 1.90 bits per heavy atom. The first-order valence-corrected chi connectivity index (χ1v) is 6.98. The third-order valence-electron chi connectivity index (χ3n) is 4.13. The van der Waals surface area contributed by atoms with Gasteiger partial charge in [0.25, 0.3) is 5.91 Å². The topological polar surface area (TPSA) is 79.3 Å². The summed E-state index contributed by atoms with van der Waals surface area (Å²) in [4.78, 5) is 26.8. The number of rotatable bonds is 3. The molecule has 0 aliphatic heterocycles. The largest absolute Gasteiger partial charge is 0.477 e. The molecule has 1 saturated carbocycles. The average molecular weight is 276 g/mol. The van der Waals surface area contributed by atoms with Crippen LogP contribution in [-0.4, -0.2) is 28.0 Å². The standard InChI is InChI=1S/C15H20N2O3/c1-9-6-7-11(8-10(9)2)16-14(18)12-4-3-5-13(17-12)15(19)20/h3-5,9-11H,6-8H2,1-2H3,(H,16,18)(H,19,20). The van der Waals surface area contributed by atoms with Crippen molar-refractivity contribution < 1.29 is 14.7 Å². The number of aromatic nitrogens is 1. The molecule has 108 valence electrons. The lowest BCUT2D eigenvalue weighted by atomic mass is 9.79. The van der Waals surface area contributed by atoms with E-state index in [1.807, 2.05) is 0 Å². The van der Waals surface area contributed by atoms with Gasteiger partial charge in [-0.15, -0.1) is 0 Å². The maximum atomic E-state index is 12.1. The van der Waals surface area contributed by atoms with Gasteiger partial charge in [-0.25, -0.2) is 9.78 Å². The summed E-state index contributed by atoms with van der Waals surface area (Å²) in [5.74, 6) is -0.136. The van der Waals surface area contributed by atoms with E-state index >= 15 is 0 Å². The van der Waals surface area contributed by atoms with Gasteiger partial charge in [-0.3, -0.25) is 4.79 Å². The molecule has 5 heteroatoms. The quantitative estimate of drug-likeness (QED) is 0.888. The fourth-order valence-corrected chi connectivity index (χ4v) is 2.62. The predicted molar refractivity (Wildman–Crippen MR) is 74.6 cm³/mol. The van der Waals surface area contributed by atoms with E-state index in [9.17, 15) is 9.59 Å². The summed E-state index contributed by atoms with van der Waals surface area (Å²) in [5, 5.41) is 11.8. The summed E-state index contributed by atoms with van der Waals surface area (Å²) in [5.41, 5.74) is 0.0551. The second-order valence-electron chi connectivity index (χ2n) is 5.65. The van der Waals surface area contributed by atoms with E-state index in [2.05, 4.69) is 24.1 Å². The molecule has 1 amide bonds. The van der Waals surface area contributed by atoms with Gasteiger partial charge in [0, 0.05) is 6.04 Å². The highest BCUT2D eigenvalue weighted by Gasteiger charge is 2.26. The zero-order chi connectivity index (χ0) is 14.7. The lowest BCUT2D eigenvalue weighted by Crippen LogP contribution is -2.40. The molecule has 0 saturated heterocycles. The van der Waals surface area contributed by atoms with Crippen LogP contribution in [0.15, 0.2) is 18.2 Å². The van der Waals surface area contributed by atoms with Gasteiger partial charge in [-0.05, 0) is 43.2 Å².